The lowest BCUT2D eigenvalue weighted by molar-refractivity contribution is -0.109. The van der Waals surface area contributed by atoms with E-state index in [1.165, 1.54) is 31.3 Å². The molecule has 0 aromatic carbocycles. The second-order valence-electron chi connectivity index (χ2n) is 6.42. The Morgan fingerprint density at radius 2 is 2.12 bits per heavy atom. The number of methoxy groups -OCH3 is 2. The van der Waals surface area contributed by atoms with Crippen LogP contribution in [0, 0.1) is 5.92 Å². The highest BCUT2D eigenvalue weighted by Crippen LogP contribution is 2.31. The van der Waals surface area contributed by atoms with E-state index in [-0.39, 0.29) is 12.1 Å². The molecule has 2 unspecified atom stereocenters. The van der Waals surface area contributed by atoms with Gasteiger partial charge in [-0.1, -0.05) is 55.9 Å². The van der Waals surface area contributed by atoms with Crippen molar-refractivity contribution in [1.82, 2.24) is 5.32 Å². The maximum absolute atomic E-state index is 11.0. The van der Waals surface area contributed by atoms with Crippen LogP contribution in [0.25, 0.3) is 0 Å². The molecule has 2 aliphatic rings. The summed E-state index contributed by atoms with van der Waals surface area (Å²) in [4.78, 5) is 11.0. The molecule has 2 aliphatic carbocycles. The number of carbonyl (C=O) groups is 1. The van der Waals surface area contributed by atoms with Gasteiger partial charge in [0.25, 0.3) is 0 Å². The minimum atomic E-state index is -0.229. The normalized spacial score (nSPS) is 23.1. The quantitative estimate of drug-likeness (QED) is 0.511. The van der Waals surface area contributed by atoms with Crippen LogP contribution < -0.4 is 5.32 Å². The predicted molar refractivity (Wildman–Crippen MR) is 101 cm³/mol. The Morgan fingerprint density at radius 1 is 1.36 bits per heavy atom. The summed E-state index contributed by atoms with van der Waals surface area (Å²) in [7, 11) is 3.33. The van der Waals surface area contributed by atoms with Gasteiger partial charge in [0.15, 0.2) is 0 Å². The van der Waals surface area contributed by atoms with Gasteiger partial charge in [-0.25, -0.2) is 0 Å². The highest BCUT2D eigenvalue weighted by Gasteiger charge is 2.21. The lowest BCUT2D eigenvalue weighted by Gasteiger charge is -2.24. The zero-order chi connectivity index (χ0) is 18.1. The molecule has 0 aliphatic heterocycles. The Bertz CT molecular complexity index is 580. The van der Waals surface area contributed by atoms with E-state index in [1.807, 2.05) is 30.4 Å². The van der Waals surface area contributed by atoms with Crippen LogP contribution in [0.5, 0.6) is 0 Å². The molecule has 2 rings (SSSR count). The fraction of sp³-hybridized carbons (Fsp3) is 0.476. The van der Waals surface area contributed by atoms with Crippen molar-refractivity contribution < 1.29 is 14.3 Å². The van der Waals surface area contributed by atoms with Gasteiger partial charge < -0.3 is 14.8 Å². The third-order valence-corrected chi connectivity index (χ3v) is 4.99. The van der Waals surface area contributed by atoms with E-state index < -0.39 is 0 Å². The molecule has 1 amide bonds. The first kappa shape index (κ1) is 19.3. The van der Waals surface area contributed by atoms with Gasteiger partial charge in [-0.15, -0.1) is 0 Å². The molecular weight excluding hydrogens is 314 g/mol. The average Bonchev–Trinajstić information content (AvgIpc) is 3.18. The summed E-state index contributed by atoms with van der Waals surface area (Å²) >= 11 is 0. The van der Waals surface area contributed by atoms with E-state index in [2.05, 4.69) is 18.0 Å². The maximum Gasteiger partial charge on any atom is 0.207 e. The number of nitrogens with one attached hydrogen (secondary N) is 1. The standard InChI is InChI=1S/C21H29NO3/c1-4-16(17-8-5-6-9-17)10-7-11-20(22-15-23)19-13-12-18(24-2)14-21(19)25-3/h4,7,10-13,15,17-18,20H,1,5-6,8-9,14H2,2-3H3,(H,22,23)/b11-7+,16-10+. The first-order valence-corrected chi connectivity index (χ1v) is 8.92. The fourth-order valence-electron chi connectivity index (χ4n) is 3.54. The minimum absolute atomic E-state index is 0.00851. The van der Waals surface area contributed by atoms with Crippen LogP contribution in [0.1, 0.15) is 32.1 Å². The number of hydrogen-bond donors (Lipinski definition) is 1. The summed E-state index contributed by atoms with van der Waals surface area (Å²) in [6.45, 7) is 3.94. The zero-order valence-electron chi connectivity index (χ0n) is 15.2. The molecule has 1 fully saturated rings. The lowest BCUT2D eigenvalue weighted by Crippen LogP contribution is -2.30. The van der Waals surface area contributed by atoms with Crippen LogP contribution in [-0.2, 0) is 14.3 Å². The molecular formula is C21H29NO3. The Balaban J connectivity index is 2.16. The molecule has 1 N–H and O–H groups in total. The SMILES string of the molecule is C=C/C(=C\C=C\C(NC=O)C1=C(OC)CC(OC)C=C1)C1CCCC1. The maximum atomic E-state index is 11.0. The topological polar surface area (TPSA) is 47.6 Å². The van der Waals surface area contributed by atoms with Crippen molar-refractivity contribution in [2.24, 2.45) is 5.92 Å². The second kappa shape index (κ2) is 10.0. The van der Waals surface area contributed by atoms with Gasteiger partial charge in [-0.2, -0.15) is 0 Å². The molecule has 0 heterocycles. The van der Waals surface area contributed by atoms with E-state index in [9.17, 15) is 4.79 Å². The molecule has 25 heavy (non-hydrogen) atoms. The van der Waals surface area contributed by atoms with Crippen LogP contribution in [0.2, 0.25) is 0 Å². The Hall–Kier alpha value is -2.07. The largest absolute Gasteiger partial charge is 0.501 e. The third kappa shape index (κ3) is 5.20. The molecule has 0 spiro atoms. The van der Waals surface area contributed by atoms with Crippen molar-refractivity contribution in [2.75, 3.05) is 14.2 Å². The van der Waals surface area contributed by atoms with Crippen molar-refractivity contribution in [1.29, 1.82) is 0 Å². The van der Waals surface area contributed by atoms with Gasteiger partial charge in [-0.05, 0) is 24.3 Å². The molecule has 2 atom stereocenters. The van der Waals surface area contributed by atoms with Crippen molar-refractivity contribution in [3.63, 3.8) is 0 Å². The highest BCUT2D eigenvalue weighted by molar-refractivity contribution is 5.51. The number of rotatable bonds is 9. The van der Waals surface area contributed by atoms with Crippen LogP contribution in [0.15, 0.2) is 59.9 Å². The van der Waals surface area contributed by atoms with Crippen LogP contribution >= 0.6 is 0 Å². The molecule has 4 nitrogen and oxygen atoms in total. The van der Waals surface area contributed by atoms with Crippen LogP contribution in [0.4, 0.5) is 0 Å². The van der Waals surface area contributed by atoms with Crippen LogP contribution in [-0.4, -0.2) is 32.8 Å². The summed E-state index contributed by atoms with van der Waals surface area (Å²) in [5, 5.41) is 2.86. The van der Waals surface area contributed by atoms with Crippen molar-refractivity contribution >= 4 is 6.41 Å². The summed E-state index contributed by atoms with van der Waals surface area (Å²) in [5.41, 5.74) is 2.23. The lowest BCUT2D eigenvalue weighted by atomic mass is 9.95. The van der Waals surface area contributed by atoms with Gasteiger partial charge >= 0.3 is 0 Å². The molecule has 1 saturated carbocycles. The fourth-order valence-corrected chi connectivity index (χ4v) is 3.54. The van der Waals surface area contributed by atoms with E-state index in [1.54, 1.807) is 14.2 Å². The number of amides is 1. The van der Waals surface area contributed by atoms with E-state index >= 15 is 0 Å². The van der Waals surface area contributed by atoms with Crippen molar-refractivity contribution in [3.05, 3.63) is 59.9 Å². The number of carbonyl (C=O) groups excluding carboxylic acids is 1. The van der Waals surface area contributed by atoms with E-state index in [0.29, 0.717) is 12.3 Å². The summed E-state index contributed by atoms with van der Waals surface area (Å²) in [6.07, 6.45) is 18.5. The van der Waals surface area contributed by atoms with Gasteiger partial charge in [0.1, 0.15) is 5.76 Å². The predicted octanol–water partition coefficient (Wildman–Crippen LogP) is 3.84. The Labute approximate surface area is 151 Å². The number of hydrogen-bond acceptors (Lipinski definition) is 3. The smallest absolute Gasteiger partial charge is 0.207 e. The molecule has 0 aromatic heterocycles. The summed E-state index contributed by atoms with van der Waals surface area (Å²) < 4.78 is 10.9. The van der Waals surface area contributed by atoms with Gasteiger partial charge in [0.05, 0.1) is 19.3 Å². The number of allylic oxidation sites excluding steroid dienone is 4. The molecule has 0 saturated heterocycles. The van der Waals surface area contributed by atoms with Crippen LogP contribution in [0.3, 0.4) is 0 Å². The summed E-state index contributed by atoms with van der Waals surface area (Å²) in [5.74, 6) is 1.45. The van der Waals surface area contributed by atoms with Gasteiger partial charge in [0, 0.05) is 19.1 Å². The van der Waals surface area contributed by atoms with Crippen molar-refractivity contribution in [2.45, 2.75) is 44.2 Å². The second-order valence-corrected chi connectivity index (χ2v) is 6.42. The van der Waals surface area contributed by atoms with Gasteiger partial charge in [-0.3, -0.25) is 4.79 Å². The molecule has 0 bridgehead atoms. The molecule has 0 aromatic rings. The average molecular weight is 343 g/mol. The van der Waals surface area contributed by atoms with Gasteiger partial charge in [0.2, 0.25) is 6.41 Å². The zero-order valence-corrected chi connectivity index (χ0v) is 15.2. The monoisotopic (exact) mass is 343 g/mol. The van der Waals surface area contributed by atoms with E-state index in [4.69, 9.17) is 9.47 Å². The first-order chi connectivity index (χ1) is 12.2. The Kier molecular flexibility index (Phi) is 7.74. The number of ether oxygens (including phenoxy) is 2. The highest BCUT2D eigenvalue weighted by atomic mass is 16.5. The molecule has 136 valence electrons. The summed E-state index contributed by atoms with van der Waals surface area (Å²) in [6, 6.07) is -0.229. The first-order valence-electron chi connectivity index (χ1n) is 8.92. The van der Waals surface area contributed by atoms with Crippen molar-refractivity contribution in [3.8, 4) is 0 Å². The Morgan fingerprint density at radius 3 is 2.72 bits per heavy atom. The van der Waals surface area contributed by atoms with E-state index in [0.717, 1.165) is 17.7 Å². The minimum Gasteiger partial charge on any atom is -0.501 e. The third-order valence-electron chi connectivity index (χ3n) is 4.99. The molecule has 4 heteroatoms. The molecule has 0 radical (unpaired) electrons.